The predicted molar refractivity (Wildman–Crippen MR) is 82.1 cm³/mol. The van der Waals surface area contributed by atoms with E-state index in [0.717, 1.165) is 10.2 Å². The summed E-state index contributed by atoms with van der Waals surface area (Å²) in [4.78, 5) is 12.6. The Labute approximate surface area is 125 Å². The van der Waals surface area contributed by atoms with Crippen molar-refractivity contribution in [1.82, 2.24) is 0 Å². The molecule has 0 spiro atoms. The van der Waals surface area contributed by atoms with E-state index < -0.39 is 0 Å². The Balaban J connectivity index is 2.65. The third kappa shape index (κ3) is 4.91. The number of ether oxygens (including phenoxy) is 1. The zero-order chi connectivity index (χ0) is 13.5. The number of esters is 1. The molecule has 0 saturated heterocycles. The van der Waals surface area contributed by atoms with Gasteiger partial charge in [-0.05, 0) is 41.4 Å². The minimum absolute atomic E-state index is 0.0509. The summed E-state index contributed by atoms with van der Waals surface area (Å²) < 4.78 is 6.03. The summed E-state index contributed by atoms with van der Waals surface area (Å²) in [5.74, 6) is 0.174. The molecule has 0 amide bonds. The molecule has 1 aromatic heterocycles. The van der Waals surface area contributed by atoms with Crippen molar-refractivity contribution in [2.45, 2.75) is 31.6 Å². The summed E-state index contributed by atoms with van der Waals surface area (Å²) in [6.45, 7) is 4.30. The van der Waals surface area contributed by atoms with Crippen LogP contribution in [0.4, 0.5) is 0 Å². The number of carbonyl (C=O) groups is 1. The Morgan fingerprint density at radius 2 is 2.28 bits per heavy atom. The van der Waals surface area contributed by atoms with E-state index in [1.807, 2.05) is 13.0 Å². The van der Waals surface area contributed by atoms with Gasteiger partial charge in [-0.2, -0.15) is 0 Å². The van der Waals surface area contributed by atoms with Crippen molar-refractivity contribution in [3.8, 4) is 0 Å². The third-order valence-corrected chi connectivity index (χ3v) is 5.64. The first kappa shape index (κ1) is 16.0. The molecule has 3 nitrogen and oxygen atoms in total. The molecule has 102 valence electrons. The molecular weight excluding hydrogens is 334 g/mol. The number of thioether (sulfide) groups is 1. The van der Waals surface area contributed by atoms with Gasteiger partial charge in [0.25, 0.3) is 0 Å². The number of carbonyl (C=O) groups excluding carboxylic acids is 1. The molecule has 18 heavy (non-hydrogen) atoms. The normalized spacial score (nSPS) is 14.2. The van der Waals surface area contributed by atoms with Gasteiger partial charge in [-0.25, -0.2) is 0 Å². The first-order valence-corrected chi connectivity index (χ1v) is 8.52. The minimum Gasteiger partial charge on any atom is -0.465 e. The molecule has 2 N–H and O–H groups in total. The topological polar surface area (TPSA) is 52.3 Å². The number of hydrogen-bond donors (Lipinski definition) is 1. The standard InChI is InChI=1S/C12H18BrNO2S2/c1-3-8(14)12(9-5-6-10(13)18-9)17-7-11(15)16-4-2/h5-6,8,12H,3-4,7,14H2,1-2H3. The molecule has 0 fully saturated rings. The van der Waals surface area contributed by atoms with Gasteiger partial charge >= 0.3 is 5.97 Å². The van der Waals surface area contributed by atoms with Crippen LogP contribution >= 0.6 is 39.0 Å². The van der Waals surface area contributed by atoms with Crippen molar-refractivity contribution < 1.29 is 9.53 Å². The number of nitrogens with two attached hydrogens (primary N) is 1. The maximum absolute atomic E-state index is 11.4. The lowest BCUT2D eigenvalue weighted by Gasteiger charge is -2.20. The van der Waals surface area contributed by atoms with E-state index >= 15 is 0 Å². The van der Waals surface area contributed by atoms with Crippen molar-refractivity contribution in [2.24, 2.45) is 5.73 Å². The van der Waals surface area contributed by atoms with Crippen LogP contribution in [0, 0.1) is 0 Å². The maximum Gasteiger partial charge on any atom is 0.315 e. The van der Waals surface area contributed by atoms with Crippen LogP contribution in [0.1, 0.15) is 30.4 Å². The van der Waals surface area contributed by atoms with Gasteiger partial charge < -0.3 is 10.5 Å². The van der Waals surface area contributed by atoms with E-state index in [0.29, 0.717) is 12.4 Å². The molecule has 0 aliphatic carbocycles. The molecule has 1 heterocycles. The van der Waals surface area contributed by atoms with Gasteiger partial charge in [0.15, 0.2) is 0 Å². The number of hydrogen-bond acceptors (Lipinski definition) is 5. The second-order valence-electron chi connectivity index (χ2n) is 3.75. The number of rotatable bonds is 7. The quantitative estimate of drug-likeness (QED) is 0.762. The highest BCUT2D eigenvalue weighted by atomic mass is 79.9. The highest BCUT2D eigenvalue weighted by Gasteiger charge is 2.22. The maximum atomic E-state index is 11.4. The van der Waals surface area contributed by atoms with Crippen LogP contribution in [0.5, 0.6) is 0 Å². The van der Waals surface area contributed by atoms with Crippen LogP contribution < -0.4 is 5.73 Å². The van der Waals surface area contributed by atoms with E-state index in [9.17, 15) is 4.79 Å². The van der Waals surface area contributed by atoms with Crippen molar-refractivity contribution >= 4 is 45.0 Å². The minimum atomic E-state index is -0.175. The van der Waals surface area contributed by atoms with Gasteiger partial charge in [0.05, 0.1) is 21.4 Å². The lowest BCUT2D eigenvalue weighted by molar-refractivity contribution is -0.139. The Bertz CT molecular complexity index is 384. The Morgan fingerprint density at radius 1 is 1.56 bits per heavy atom. The summed E-state index contributed by atoms with van der Waals surface area (Å²) >= 11 is 6.68. The second-order valence-corrected chi connectivity index (χ2v) is 7.38. The van der Waals surface area contributed by atoms with Crippen molar-refractivity contribution in [3.05, 3.63) is 20.8 Å². The van der Waals surface area contributed by atoms with Gasteiger partial charge in [-0.3, -0.25) is 4.79 Å². The molecule has 0 aliphatic heterocycles. The van der Waals surface area contributed by atoms with Crippen LogP contribution in [-0.4, -0.2) is 24.4 Å². The molecule has 1 aromatic rings. The average Bonchev–Trinajstić information content (AvgIpc) is 2.76. The smallest absolute Gasteiger partial charge is 0.315 e. The molecule has 0 aliphatic rings. The number of halogens is 1. The van der Waals surface area contributed by atoms with Crippen molar-refractivity contribution in [3.63, 3.8) is 0 Å². The summed E-state index contributed by atoms with van der Waals surface area (Å²) in [7, 11) is 0. The molecule has 0 saturated carbocycles. The Hall–Kier alpha value is -0.0400. The van der Waals surface area contributed by atoms with E-state index in [2.05, 4.69) is 28.9 Å². The summed E-state index contributed by atoms with van der Waals surface area (Å²) in [5.41, 5.74) is 6.14. The highest BCUT2D eigenvalue weighted by Crippen LogP contribution is 2.38. The van der Waals surface area contributed by atoms with Gasteiger partial charge in [0, 0.05) is 10.9 Å². The van der Waals surface area contributed by atoms with Crippen molar-refractivity contribution in [2.75, 3.05) is 12.4 Å². The molecule has 6 heteroatoms. The monoisotopic (exact) mass is 351 g/mol. The SMILES string of the molecule is CCOC(=O)CSC(c1ccc(Br)s1)C(N)CC. The molecule has 0 radical (unpaired) electrons. The Kier molecular flexibility index (Phi) is 7.29. The second kappa shape index (κ2) is 8.19. The fourth-order valence-corrected chi connectivity index (χ4v) is 4.38. The lowest BCUT2D eigenvalue weighted by Crippen LogP contribution is -2.26. The fraction of sp³-hybridized carbons (Fsp3) is 0.583. The summed E-state index contributed by atoms with van der Waals surface area (Å²) in [6.07, 6.45) is 0.885. The summed E-state index contributed by atoms with van der Waals surface area (Å²) in [6, 6.07) is 4.13. The molecule has 0 aromatic carbocycles. The molecular formula is C12H18BrNO2S2. The van der Waals surface area contributed by atoms with Crippen LogP contribution in [-0.2, 0) is 9.53 Å². The highest BCUT2D eigenvalue weighted by molar-refractivity contribution is 9.11. The Morgan fingerprint density at radius 3 is 2.78 bits per heavy atom. The van der Waals surface area contributed by atoms with Crippen molar-refractivity contribution in [1.29, 1.82) is 0 Å². The van der Waals surface area contributed by atoms with Gasteiger partial charge in [0.1, 0.15) is 0 Å². The summed E-state index contributed by atoms with van der Waals surface area (Å²) in [5, 5.41) is 0.149. The zero-order valence-corrected chi connectivity index (χ0v) is 13.7. The van der Waals surface area contributed by atoms with Crippen LogP contribution in [0.25, 0.3) is 0 Å². The molecule has 1 rings (SSSR count). The van der Waals surface area contributed by atoms with Crippen LogP contribution in [0.15, 0.2) is 15.9 Å². The van der Waals surface area contributed by atoms with E-state index in [1.165, 1.54) is 4.88 Å². The first-order valence-electron chi connectivity index (χ1n) is 5.86. The van der Waals surface area contributed by atoms with E-state index in [-0.39, 0.29) is 17.3 Å². The fourth-order valence-electron chi connectivity index (χ4n) is 1.47. The first-order chi connectivity index (χ1) is 8.58. The lowest BCUT2D eigenvalue weighted by atomic mass is 10.1. The van der Waals surface area contributed by atoms with Gasteiger partial charge in [0.2, 0.25) is 0 Å². The largest absolute Gasteiger partial charge is 0.465 e. The van der Waals surface area contributed by atoms with E-state index in [4.69, 9.17) is 10.5 Å². The number of thiophene rings is 1. The average molecular weight is 352 g/mol. The molecule has 2 unspecified atom stereocenters. The van der Waals surface area contributed by atoms with Gasteiger partial charge in [-0.1, -0.05) is 6.92 Å². The zero-order valence-electron chi connectivity index (χ0n) is 10.5. The predicted octanol–water partition coefficient (Wildman–Crippen LogP) is 3.59. The third-order valence-electron chi connectivity index (χ3n) is 2.42. The molecule has 0 bridgehead atoms. The molecule has 2 atom stereocenters. The van der Waals surface area contributed by atoms with Gasteiger partial charge in [-0.15, -0.1) is 23.1 Å². The van der Waals surface area contributed by atoms with Crippen LogP contribution in [0.2, 0.25) is 0 Å². The van der Waals surface area contributed by atoms with Crippen LogP contribution in [0.3, 0.4) is 0 Å². The van der Waals surface area contributed by atoms with E-state index in [1.54, 1.807) is 23.1 Å².